The van der Waals surface area contributed by atoms with E-state index in [2.05, 4.69) is 52.0 Å². The van der Waals surface area contributed by atoms with Crippen LogP contribution in [0.15, 0.2) is 18.2 Å². The summed E-state index contributed by atoms with van der Waals surface area (Å²) in [5.41, 5.74) is 5.54. The van der Waals surface area contributed by atoms with Crippen molar-refractivity contribution in [1.82, 2.24) is 15.1 Å². The normalized spacial score (nSPS) is 21.7. The number of rotatable bonds is 4. The number of hydrogen-bond acceptors (Lipinski definition) is 4. The largest absolute Gasteiger partial charge is 0.476 e. The van der Waals surface area contributed by atoms with E-state index >= 15 is 0 Å². The van der Waals surface area contributed by atoms with Crippen LogP contribution in [0.2, 0.25) is 0 Å². The molecule has 1 atom stereocenters. The molecule has 1 amide bonds. The molecule has 1 aliphatic heterocycles. The Morgan fingerprint density at radius 1 is 1.27 bits per heavy atom. The Morgan fingerprint density at radius 3 is 2.80 bits per heavy atom. The zero-order chi connectivity index (χ0) is 21.0. The molecule has 2 N–H and O–H groups in total. The van der Waals surface area contributed by atoms with Crippen molar-refractivity contribution < 1.29 is 14.7 Å². The van der Waals surface area contributed by atoms with Crippen LogP contribution < -0.4 is 4.90 Å². The van der Waals surface area contributed by atoms with Gasteiger partial charge in [-0.3, -0.25) is 9.89 Å². The second-order valence-electron chi connectivity index (χ2n) is 9.12. The molecule has 1 aromatic carbocycles. The van der Waals surface area contributed by atoms with E-state index in [1.165, 1.54) is 16.8 Å². The van der Waals surface area contributed by atoms with Crippen LogP contribution in [-0.2, 0) is 11.2 Å². The molecule has 2 heterocycles. The molecule has 1 unspecified atom stereocenters. The number of hydrogen-bond donors (Lipinski definition) is 2. The number of benzene rings is 1. The molecule has 5 rings (SSSR count). The Kier molecular flexibility index (Phi) is 4.38. The lowest BCUT2D eigenvalue weighted by Gasteiger charge is -2.44. The van der Waals surface area contributed by atoms with Crippen LogP contribution in [0.5, 0.6) is 0 Å². The number of aromatic nitrogens is 2. The number of carbonyl (C=O) groups is 2. The first kappa shape index (κ1) is 19.2. The van der Waals surface area contributed by atoms with Crippen molar-refractivity contribution in [2.45, 2.75) is 57.4 Å². The standard InChI is InChI=1S/C23H28N4O3/c1-14-4-3-5-18(15(14)2)26-10-11-27(23(13-26)8-9-23)19(28)12-16-6-7-17-20(16)21(22(29)30)25-24-17/h3-5,16H,6-13H2,1-2H3,(H,24,25)(H,29,30). The smallest absolute Gasteiger partial charge is 0.356 e. The first-order valence-electron chi connectivity index (χ1n) is 10.8. The predicted molar refractivity (Wildman–Crippen MR) is 113 cm³/mol. The number of carboxylic acids is 1. The van der Waals surface area contributed by atoms with Gasteiger partial charge in [-0.25, -0.2) is 4.79 Å². The molecule has 1 spiro atoms. The van der Waals surface area contributed by atoms with Gasteiger partial charge in [0.25, 0.3) is 0 Å². The fourth-order valence-corrected chi connectivity index (χ4v) is 5.39. The molecule has 2 aliphatic carbocycles. The molecule has 3 aliphatic rings. The summed E-state index contributed by atoms with van der Waals surface area (Å²) < 4.78 is 0. The van der Waals surface area contributed by atoms with Gasteiger partial charge in [0.05, 0.1) is 5.54 Å². The zero-order valence-corrected chi connectivity index (χ0v) is 17.6. The highest BCUT2D eigenvalue weighted by Crippen LogP contribution is 2.47. The number of fused-ring (bicyclic) bond motifs is 1. The lowest BCUT2D eigenvalue weighted by molar-refractivity contribution is -0.135. The fourth-order valence-electron chi connectivity index (χ4n) is 5.39. The number of aromatic amines is 1. The van der Waals surface area contributed by atoms with E-state index < -0.39 is 5.97 Å². The van der Waals surface area contributed by atoms with Crippen LogP contribution in [0.3, 0.4) is 0 Å². The van der Waals surface area contributed by atoms with Gasteiger partial charge in [-0.2, -0.15) is 5.10 Å². The summed E-state index contributed by atoms with van der Waals surface area (Å²) in [5, 5.41) is 16.2. The summed E-state index contributed by atoms with van der Waals surface area (Å²) in [6.07, 6.45) is 4.03. The van der Waals surface area contributed by atoms with E-state index in [-0.39, 0.29) is 23.1 Å². The number of carboxylic acid groups (broad SMARTS) is 1. The molecule has 2 fully saturated rings. The highest BCUT2D eigenvalue weighted by molar-refractivity contribution is 5.88. The number of piperazine rings is 1. The minimum Gasteiger partial charge on any atom is -0.476 e. The quantitative estimate of drug-likeness (QED) is 0.812. The van der Waals surface area contributed by atoms with Crippen LogP contribution in [0.4, 0.5) is 5.69 Å². The van der Waals surface area contributed by atoms with Gasteiger partial charge in [0.1, 0.15) is 0 Å². The van der Waals surface area contributed by atoms with Gasteiger partial charge in [-0.1, -0.05) is 12.1 Å². The second-order valence-corrected chi connectivity index (χ2v) is 9.12. The molecular weight excluding hydrogens is 380 g/mol. The summed E-state index contributed by atoms with van der Waals surface area (Å²) in [6, 6.07) is 6.43. The van der Waals surface area contributed by atoms with Crippen LogP contribution >= 0.6 is 0 Å². The number of nitrogens with zero attached hydrogens (tertiary/aromatic N) is 3. The minimum absolute atomic E-state index is 0.0507. The number of H-pyrrole nitrogens is 1. The van der Waals surface area contributed by atoms with Crippen molar-refractivity contribution in [3.63, 3.8) is 0 Å². The van der Waals surface area contributed by atoms with E-state index in [0.29, 0.717) is 6.42 Å². The highest BCUT2D eigenvalue weighted by atomic mass is 16.4. The maximum absolute atomic E-state index is 13.3. The molecule has 1 aromatic heterocycles. The molecule has 30 heavy (non-hydrogen) atoms. The first-order chi connectivity index (χ1) is 14.4. The minimum atomic E-state index is -1.02. The van der Waals surface area contributed by atoms with Crippen molar-refractivity contribution in [3.05, 3.63) is 46.3 Å². The van der Waals surface area contributed by atoms with Crippen LogP contribution in [0.25, 0.3) is 0 Å². The van der Waals surface area contributed by atoms with E-state index in [1.54, 1.807) is 0 Å². The summed E-state index contributed by atoms with van der Waals surface area (Å²) in [4.78, 5) is 29.3. The number of carbonyl (C=O) groups excluding carboxylic acids is 1. The van der Waals surface area contributed by atoms with Crippen LogP contribution in [0.1, 0.15) is 64.5 Å². The average Bonchev–Trinajstić information content (AvgIpc) is 3.16. The number of amides is 1. The number of anilines is 1. The van der Waals surface area contributed by atoms with Crippen molar-refractivity contribution in [1.29, 1.82) is 0 Å². The molecular formula is C23H28N4O3. The molecule has 0 bridgehead atoms. The van der Waals surface area contributed by atoms with Gasteiger partial charge in [-0.15, -0.1) is 0 Å². The van der Waals surface area contributed by atoms with E-state index in [4.69, 9.17) is 0 Å². The van der Waals surface area contributed by atoms with Gasteiger partial charge in [0.2, 0.25) is 5.91 Å². The average molecular weight is 409 g/mol. The fraction of sp³-hybridized carbons (Fsp3) is 0.522. The maximum Gasteiger partial charge on any atom is 0.356 e. The number of aromatic carboxylic acids is 1. The zero-order valence-electron chi connectivity index (χ0n) is 17.6. The Balaban J connectivity index is 1.32. The lowest BCUT2D eigenvalue weighted by Crippen LogP contribution is -2.57. The van der Waals surface area contributed by atoms with Gasteiger partial charge in [0, 0.05) is 43.0 Å². The predicted octanol–water partition coefficient (Wildman–Crippen LogP) is 3.03. The first-order valence-corrected chi connectivity index (χ1v) is 10.8. The summed E-state index contributed by atoms with van der Waals surface area (Å²) in [5.74, 6) is -0.915. The second kappa shape index (κ2) is 6.86. The van der Waals surface area contributed by atoms with Gasteiger partial charge in [-0.05, 0) is 62.6 Å². The summed E-state index contributed by atoms with van der Waals surface area (Å²) in [7, 11) is 0. The van der Waals surface area contributed by atoms with Gasteiger partial charge in [0.15, 0.2) is 5.69 Å². The number of aryl methyl sites for hydroxylation is 2. The maximum atomic E-state index is 13.3. The summed E-state index contributed by atoms with van der Waals surface area (Å²) >= 11 is 0. The topological polar surface area (TPSA) is 89.5 Å². The molecule has 158 valence electrons. The third-order valence-electron chi connectivity index (χ3n) is 7.35. The Morgan fingerprint density at radius 2 is 2.07 bits per heavy atom. The highest BCUT2D eigenvalue weighted by Gasteiger charge is 2.53. The van der Waals surface area contributed by atoms with Crippen molar-refractivity contribution in [3.8, 4) is 0 Å². The van der Waals surface area contributed by atoms with E-state index in [0.717, 1.165) is 56.6 Å². The Hall–Kier alpha value is -2.83. The molecule has 1 saturated heterocycles. The molecule has 0 radical (unpaired) electrons. The summed E-state index contributed by atoms with van der Waals surface area (Å²) in [6.45, 7) is 6.75. The van der Waals surface area contributed by atoms with Gasteiger partial charge >= 0.3 is 5.97 Å². The van der Waals surface area contributed by atoms with Crippen molar-refractivity contribution >= 4 is 17.6 Å². The Labute approximate surface area is 176 Å². The monoisotopic (exact) mass is 408 g/mol. The third-order valence-corrected chi connectivity index (χ3v) is 7.35. The van der Waals surface area contributed by atoms with Crippen molar-refractivity contribution in [2.75, 3.05) is 24.5 Å². The third kappa shape index (κ3) is 2.99. The Bertz CT molecular complexity index is 1020. The van der Waals surface area contributed by atoms with Crippen LogP contribution in [0, 0.1) is 13.8 Å². The SMILES string of the molecule is Cc1cccc(N2CCN(C(=O)CC3CCc4[nH]nc(C(=O)O)c43)C3(CC3)C2)c1C. The number of nitrogens with one attached hydrogen (secondary N) is 1. The molecule has 7 nitrogen and oxygen atoms in total. The van der Waals surface area contributed by atoms with E-state index in [1.807, 2.05) is 0 Å². The molecule has 2 aromatic rings. The van der Waals surface area contributed by atoms with Gasteiger partial charge < -0.3 is 14.9 Å². The van der Waals surface area contributed by atoms with Crippen LogP contribution in [-0.4, -0.2) is 57.3 Å². The van der Waals surface area contributed by atoms with E-state index in [9.17, 15) is 14.7 Å². The molecule has 7 heteroatoms. The lowest BCUT2D eigenvalue weighted by atomic mass is 9.95. The molecule has 1 saturated carbocycles. The van der Waals surface area contributed by atoms with Crippen molar-refractivity contribution in [2.24, 2.45) is 0 Å².